The van der Waals surface area contributed by atoms with Gasteiger partial charge < -0.3 is 19.3 Å². The maximum atomic E-state index is 12.1. The summed E-state index contributed by atoms with van der Waals surface area (Å²) in [5.74, 6) is 0.135. The molecule has 0 saturated carbocycles. The summed E-state index contributed by atoms with van der Waals surface area (Å²) in [5, 5.41) is 9.32. The molecule has 5 nitrogen and oxygen atoms in total. The lowest BCUT2D eigenvalue weighted by molar-refractivity contribution is -0.159. The molecule has 0 bridgehead atoms. The van der Waals surface area contributed by atoms with Crippen LogP contribution >= 0.6 is 0 Å². The average Bonchev–Trinajstić information content (AvgIpc) is 2.61. The minimum atomic E-state index is -1.16. The highest BCUT2D eigenvalue weighted by Crippen LogP contribution is 2.25. The average molecular weight is 330 g/mol. The summed E-state index contributed by atoms with van der Waals surface area (Å²) >= 11 is 0. The minimum Gasteiger partial charge on any atom is -0.508 e. The lowest BCUT2D eigenvalue weighted by Crippen LogP contribution is -2.43. The first kappa shape index (κ1) is 17.8. The molecule has 1 unspecified atom stereocenters. The first-order valence-corrected chi connectivity index (χ1v) is 7.71. The van der Waals surface area contributed by atoms with E-state index in [0.29, 0.717) is 25.4 Å². The van der Waals surface area contributed by atoms with Gasteiger partial charge in [0.25, 0.3) is 0 Å². The standard InChI is InChI=1S/C19H22O5/c1-19(18(21)22-2,24-17-10-8-16(20)9-11-17)12-13-23-14-15-6-4-3-5-7-15/h3-11,20H,12-14H2,1-2H3. The monoisotopic (exact) mass is 330 g/mol. The molecule has 0 saturated heterocycles. The van der Waals surface area contributed by atoms with E-state index in [2.05, 4.69) is 0 Å². The third-order valence-electron chi connectivity index (χ3n) is 3.63. The molecule has 0 aliphatic carbocycles. The van der Waals surface area contributed by atoms with Crippen LogP contribution in [0.4, 0.5) is 0 Å². The summed E-state index contributed by atoms with van der Waals surface area (Å²) in [6.45, 7) is 2.48. The maximum absolute atomic E-state index is 12.1. The minimum absolute atomic E-state index is 0.133. The molecule has 0 aliphatic heterocycles. The van der Waals surface area contributed by atoms with Gasteiger partial charge in [-0.25, -0.2) is 4.79 Å². The zero-order valence-electron chi connectivity index (χ0n) is 13.9. The fraction of sp³-hybridized carbons (Fsp3) is 0.316. The molecule has 24 heavy (non-hydrogen) atoms. The third kappa shape index (κ3) is 4.99. The highest BCUT2D eigenvalue weighted by molar-refractivity contribution is 5.79. The fourth-order valence-electron chi connectivity index (χ4n) is 2.22. The number of carbonyl (C=O) groups excluding carboxylic acids is 1. The molecule has 1 atom stereocenters. The summed E-state index contributed by atoms with van der Waals surface area (Å²) in [6, 6.07) is 16.0. The number of hydrogen-bond acceptors (Lipinski definition) is 5. The van der Waals surface area contributed by atoms with E-state index in [0.717, 1.165) is 5.56 Å². The van der Waals surface area contributed by atoms with Gasteiger partial charge >= 0.3 is 5.97 Å². The Hall–Kier alpha value is -2.53. The molecule has 0 spiro atoms. The van der Waals surface area contributed by atoms with E-state index in [-0.39, 0.29) is 5.75 Å². The Kier molecular flexibility index (Phi) is 6.21. The van der Waals surface area contributed by atoms with Crippen LogP contribution in [0.25, 0.3) is 0 Å². The molecular weight excluding hydrogens is 308 g/mol. The number of hydrogen-bond donors (Lipinski definition) is 1. The van der Waals surface area contributed by atoms with Gasteiger partial charge in [-0.05, 0) is 36.8 Å². The van der Waals surface area contributed by atoms with Crippen LogP contribution in [0.3, 0.4) is 0 Å². The van der Waals surface area contributed by atoms with E-state index in [4.69, 9.17) is 14.2 Å². The number of aromatic hydroxyl groups is 1. The molecule has 0 fully saturated rings. The predicted molar refractivity (Wildman–Crippen MR) is 89.9 cm³/mol. The Balaban J connectivity index is 1.94. The van der Waals surface area contributed by atoms with E-state index in [1.807, 2.05) is 30.3 Å². The van der Waals surface area contributed by atoms with Crippen molar-refractivity contribution in [2.75, 3.05) is 13.7 Å². The van der Waals surface area contributed by atoms with E-state index in [1.165, 1.54) is 19.2 Å². The van der Waals surface area contributed by atoms with Crippen molar-refractivity contribution >= 4 is 5.97 Å². The number of esters is 1. The molecule has 128 valence electrons. The van der Waals surface area contributed by atoms with Crippen molar-refractivity contribution in [1.29, 1.82) is 0 Å². The summed E-state index contributed by atoms with van der Waals surface area (Å²) in [5.41, 5.74) is -0.0979. The first-order valence-electron chi connectivity index (χ1n) is 7.71. The molecule has 5 heteroatoms. The van der Waals surface area contributed by atoms with Crippen LogP contribution in [0.5, 0.6) is 11.5 Å². The van der Waals surface area contributed by atoms with Gasteiger partial charge in [0.2, 0.25) is 5.60 Å². The van der Waals surface area contributed by atoms with Crippen LogP contribution in [0.1, 0.15) is 18.9 Å². The zero-order chi connectivity index (χ0) is 17.4. The largest absolute Gasteiger partial charge is 0.508 e. The fourth-order valence-corrected chi connectivity index (χ4v) is 2.22. The number of ether oxygens (including phenoxy) is 3. The van der Waals surface area contributed by atoms with Gasteiger partial charge in [-0.15, -0.1) is 0 Å². The summed E-state index contributed by atoms with van der Waals surface area (Å²) in [6.07, 6.45) is 0.341. The van der Waals surface area contributed by atoms with Crippen LogP contribution in [-0.4, -0.2) is 30.4 Å². The van der Waals surface area contributed by atoms with Gasteiger partial charge in [-0.3, -0.25) is 0 Å². The SMILES string of the molecule is COC(=O)C(C)(CCOCc1ccccc1)Oc1ccc(O)cc1. The van der Waals surface area contributed by atoms with Crippen molar-refractivity contribution in [3.63, 3.8) is 0 Å². The van der Waals surface area contributed by atoms with Crippen LogP contribution < -0.4 is 4.74 Å². The van der Waals surface area contributed by atoms with Crippen LogP contribution in [0.15, 0.2) is 54.6 Å². The highest BCUT2D eigenvalue weighted by atomic mass is 16.6. The Morgan fingerprint density at radius 2 is 1.75 bits per heavy atom. The third-order valence-corrected chi connectivity index (χ3v) is 3.63. The van der Waals surface area contributed by atoms with Gasteiger partial charge in [0.05, 0.1) is 20.3 Å². The summed E-state index contributed by atoms with van der Waals surface area (Å²) in [4.78, 5) is 12.1. The van der Waals surface area contributed by atoms with Crippen molar-refractivity contribution in [3.05, 3.63) is 60.2 Å². The van der Waals surface area contributed by atoms with Gasteiger partial charge in [-0.2, -0.15) is 0 Å². The molecule has 2 aromatic rings. The van der Waals surface area contributed by atoms with E-state index >= 15 is 0 Å². The number of carbonyl (C=O) groups is 1. The number of rotatable bonds is 8. The molecule has 1 N–H and O–H groups in total. The quantitative estimate of drug-likeness (QED) is 0.594. The van der Waals surface area contributed by atoms with Gasteiger partial charge in [0.1, 0.15) is 11.5 Å². The molecule has 0 radical (unpaired) electrons. The molecule has 0 aliphatic rings. The number of benzene rings is 2. The van der Waals surface area contributed by atoms with E-state index in [9.17, 15) is 9.90 Å². The second-order valence-electron chi connectivity index (χ2n) is 5.61. The molecule has 0 heterocycles. The molecule has 0 aromatic heterocycles. The first-order chi connectivity index (χ1) is 11.5. The Labute approximate surface area is 141 Å². The van der Waals surface area contributed by atoms with E-state index in [1.54, 1.807) is 19.1 Å². The van der Waals surface area contributed by atoms with Crippen molar-refractivity contribution in [3.8, 4) is 11.5 Å². The van der Waals surface area contributed by atoms with Crippen molar-refractivity contribution < 1.29 is 24.1 Å². The summed E-state index contributed by atoms with van der Waals surface area (Å²) < 4.78 is 16.3. The number of phenols is 1. The highest BCUT2D eigenvalue weighted by Gasteiger charge is 2.36. The van der Waals surface area contributed by atoms with Crippen molar-refractivity contribution in [1.82, 2.24) is 0 Å². The van der Waals surface area contributed by atoms with Gasteiger partial charge in [-0.1, -0.05) is 30.3 Å². The second-order valence-corrected chi connectivity index (χ2v) is 5.61. The zero-order valence-corrected chi connectivity index (χ0v) is 13.9. The topological polar surface area (TPSA) is 65.0 Å². The normalized spacial score (nSPS) is 13.1. The lowest BCUT2D eigenvalue weighted by Gasteiger charge is -2.28. The van der Waals surface area contributed by atoms with Crippen LogP contribution in [0, 0.1) is 0 Å². The van der Waals surface area contributed by atoms with E-state index < -0.39 is 11.6 Å². The van der Waals surface area contributed by atoms with Crippen molar-refractivity contribution in [2.24, 2.45) is 0 Å². The van der Waals surface area contributed by atoms with Gasteiger partial charge in [0.15, 0.2) is 0 Å². The molecule has 2 rings (SSSR count). The summed E-state index contributed by atoms with van der Waals surface area (Å²) in [7, 11) is 1.32. The lowest BCUT2D eigenvalue weighted by atomic mass is 10.0. The second kappa shape index (κ2) is 8.36. The Bertz CT molecular complexity index is 639. The number of methoxy groups -OCH3 is 1. The Morgan fingerprint density at radius 3 is 2.38 bits per heavy atom. The van der Waals surface area contributed by atoms with Crippen LogP contribution in [-0.2, 0) is 20.9 Å². The number of phenolic OH excluding ortho intramolecular Hbond substituents is 1. The maximum Gasteiger partial charge on any atom is 0.350 e. The Morgan fingerprint density at radius 1 is 1.08 bits per heavy atom. The van der Waals surface area contributed by atoms with Crippen LogP contribution in [0.2, 0.25) is 0 Å². The van der Waals surface area contributed by atoms with Crippen molar-refractivity contribution in [2.45, 2.75) is 25.6 Å². The predicted octanol–water partition coefficient (Wildman–Crippen LogP) is 3.31. The molecule has 2 aromatic carbocycles. The molecule has 0 amide bonds. The smallest absolute Gasteiger partial charge is 0.350 e. The van der Waals surface area contributed by atoms with Gasteiger partial charge in [0, 0.05) is 6.42 Å². The molecular formula is C19H22O5.